The molecule has 0 radical (unpaired) electrons. The molecule has 4 aromatic rings. The standard InChI is InChI=1S/C32H36N2/c1-6-33(7-2)29-20-12-27(13-21-29)26(5)28-14-22-32(23-15-28)34(30-16-8-24(3)9-17-30)31-18-10-25(4)11-19-31/h8-23,26H,6-7H2,1-5H3. The molecule has 4 aromatic carbocycles. The highest BCUT2D eigenvalue weighted by Crippen LogP contribution is 2.36. The molecule has 174 valence electrons. The van der Waals surface area contributed by atoms with Gasteiger partial charge in [-0.2, -0.15) is 0 Å². The fourth-order valence-corrected chi connectivity index (χ4v) is 4.50. The molecule has 0 heterocycles. The Hall–Kier alpha value is -3.52. The van der Waals surface area contributed by atoms with E-state index in [4.69, 9.17) is 0 Å². The fourth-order valence-electron chi connectivity index (χ4n) is 4.50. The van der Waals surface area contributed by atoms with E-state index in [2.05, 4.69) is 141 Å². The zero-order valence-corrected chi connectivity index (χ0v) is 21.1. The molecule has 0 bridgehead atoms. The lowest BCUT2D eigenvalue weighted by atomic mass is 9.92. The van der Waals surface area contributed by atoms with E-state index in [9.17, 15) is 0 Å². The second-order valence-corrected chi connectivity index (χ2v) is 9.08. The maximum atomic E-state index is 2.38. The molecule has 0 aliphatic heterocycles. The van der Waals surface area contributed by atoms with Gasteiger partial charge in [0.2, 0.25) is 0 Å². The second-order valence-electron chi connectivity index (χ2n) is 9.08. The monoisotopic (exact) mass is 448 g/mol. The van der Waals surface area contributed by atoms with Crippen LogP contribution in [0.2, 0.25) is 0 Å². The lowest BCUT2D eigenvalue weighted by Gasteiger charge is -2.26. The summed E-state index contributed by atoms with van der Waals surface area (Å²) in [5.74, 6) is 0.340. The Morgan fingerprint density at radius 1 is 0.500 bits per heavy atom. The van der Waals surface area contributed by atoms with Crippen LogP contribution in [0.3, 0.4) is 0 Å². The third-order valence-corrected chi connectivity index (χ3v) is 6.76. The van der Waals surface area contributed by atoms with Gasteiger partial charge in [0.15, 0.2) is 0 Å². The van der Waals surface area contributed by atoms with Gasteiger partial charge in [-0.05, 0) is 87.4 Å². The minimum Gasteiger partial charge on any atom is -0.372 e. The van der Waals surface area contributed by atoms with E-state index in [1.807, 2.05) is 0 Å². The summed E-state index contributed by atoms with van der Waals surface area (Å²) < 4.78 is 0. The summed E-state index contributed by atoms with van der Waals surface area (Å²) in [6.07, 6.45) is 0. The van der Waals surface area contributed by atoms with Crippen molar-refractivity contribution in [2.75, 3.05) is 22.9 Å². The minimum atomic E-state index is 0.340. The van der Waals surface area contributed by atoms with Crippen LogP contribution in [0.25, 0.3) is 0 Å². The first-order valence-corrected chi connectivity index (χ1v) is 12.4. The van der Waals surface area contributed by atoms with Gasteiger partial charge in [0.1, 0.15) is 0 Å². The van der Waals surface area contributed by atoms with Crippen molar-refractivity contribution < 1.29 is 0 Å². The maximum absolute atomic E-state index is 2.38. The Bertz CT molecular complexity index is 1120. The van der Waals surface area contributed by atoms with Gasteiger partial charge in [0, 0.05) is 41.8 Å². The predicted molar refractivity (Wildman–Crippen MR) is 148 cm³/mol. The average Bonchev–Trinajstić information content (AvgIpc) is 2.88. The molecular formula is C32H36N2. The van der Waals surface area contributed by atoms with Crippen molar-refractivity contribution in [3.63, 3.8) is 0 Å². The molecule has 2 heteroatoms. The Balaban J connectivity index is 1.62. The summed E-state index contributed by atoms with van der Waals surface area (Å²) in [7, 11) is 0. The summed E-state index contributed by atoms with van der Waals surface area (Å²) in [6.45, 7) is 13.0. The number of anilines is 4. The van der Waals surface area contributed by atoms with Crippen LogP contribution in [-0.2, 0) is 0 Å². The van der Waals surface area contributed by atoms with Crippen LogP contribution < -0.4 is 9.80 Å². The molecule has 0 saturated heterocycles. The van der Waals surface area contributed by atoms with Gasteiger partial charge in [0.05, 0.1) is 0 Å². The molecule has 1 atom stereocenters. The third-order valence-electron chi connectivity index (χ3n) is 6.76. The van der Waals surface area contributed by atoms with Crippen LogP contribution in [0.1, 0.15) is 48.9 Å². The summed E-state index contributed by atoms with van der Waals surface area (Å²) in [5.41, 5.74) is 10.0. The lowest BCUT2D eigenvalue weighted by Crippen LogP contribution is -2.21. The van der Waals surface area contributed by atoms with Gasteiger partial charge in [-0.1, -0.05) is 66.6 Å². The van der Waals surface area contributed by atoms with E-state index in [1.54, 1.807) is 0 Å². The summed E-state index contributed by atoms with van der Waals surface area (Å²) in [6, 6.07) is 35.6. The van der Waals surface area contributed by atoms with Crippen LogP contribution in [0.5, 0.6) is 0 Å². The summed E-state index contributed by atoms with van der Waals surface area (Å²) in [4.78, 5) is 4.71. The fraction of sp³-hybridized carbons (Fsp3) is 0.250. The van der Waals surface area contributed by atoms with Gasteiger partial charge < -0.3 is 9.80 Å². The van der Waals surface area contributed by atoms with E-state index < -0.39 is 0 Å². The predicted octanol–water partition coefficient (Wildman–Crippen LogP) is 8.77. The van der Waals surface area contributed by atoms with Crippen LogP contribution in [0.4, 0.5) is 22.7 Å². The van der Waals surface area contributed by atoms with Crippen LogP contribution in [0.15, 0.2) is 97.1 Å². The van der Waals surface area contributed by atoms with Crippen molar-refractivity contribution in [3.05, 3.63) is 119 Å². The van der Waals surface area contributed by atoms with E-state index in [0.29, 0.717) is 5.92 Å². The van der Waals surface area contributed by atoms with Crippen molar-refractivity contribution >= 4 is 22.7 Å². The molecule has 4 rings (SSSR count). The number of aryl methyl sites for hydroxylation is 2. The number of nitrogens with zero attached hydrogens (tertiary/aromatic N) is 2. The SMILES string of the molecule is CCN(CC)c1ccc(C(C)c2ccc(N(c3ccc(C)cc3)c3ccc(C)cc3)cc2)cc1. The Labute approximate surface area is 205 Å². The zero-order valence-electron chi connectivity index (χ0n) is 21.1. The smallest absolute Gasteiger partial charge is 0.0461 e. The molecule has 0 amide bonds. The average molecular weight is 449 g/mol. The Kier molecular flexibility index (Phi) is 7.37. The number of benzene rings is 4. The first-order valence-electron chi connectivity index (χ1n) is 12.4. The first-order chi connectivity index (χ1) is 16.5. The molecular weight excluding hydrogens is 412 g/mol. The van der Waals surface area contributed by atoms with Crippen molar-refractivity contribution in [2.24, 2.45) is 0 Å². The highest BCUT2D eigenvalue weighted by molar-refractivity contribution is 5.76. The van der Waals surface area contributed by atoms with Crippen molar-refractivity contribution in [1.29, 1.82) is 0 Å². The number of hydrogen-bond donors (Lipinski definition) is 0. The maximum Gasteiger partial charge on any atom is 0.0461 e. The second kappa shape index (κ2) is 10.6. The highest BCUT2D eigenvalue weighted by atomic mass is 15.1. The largest absolute Gasteiger partial charge is 0.372 e. The Morgan fingerprint density at radius 3 is 1.18 bits per heavy atom. The van der Waals surface area contributed by atoms with Gasteiger partial charge in [0.25, 0.3) is 0 Å². The van der Waals surface area contributed by atoms with Crippen LogP contribution in [-0.4, -0.2) is 13.1 Å². The molecule has 0 fully saturated rings. The molecule has 0 aliphatic rings. The molecule has 0 N–H and O–H groups in total. The first kappa shape index (κ1) is 23.6. The number of hydrogen-bond acceptors (Lipinski definition) is 2. The van der Waals surface area contributed by atoms with E-state index >= 15 is 0 Å². The zero-order chi connectivity index (χ0) is 24.1. The summed E-state index contributed by atoms with van der Waals surface area (Å²) in [5, 5.41) is 0. The van der Waals surface area contributed by atoms with Crippen molar-refractivity contribution in [1.82, 2.24) is 0 Å². The van der Waals surface area contributed by atoms with Crippen molar-refractivity contribution in [3.8, 4) is 0 Å². The van der Waals surface area contributed by atoms with Gasteiger partial charge in [-0.3, -0.25) is 0 Å². The van der Waals surface area contributed by atoms with Gasteiger partial charge in [-0.25, -0.2) is 0 Å². The minimum absolute atomic E-state index is 0.340. The van der Waals surface area contributed by atoms with E-state index in [0.717, 1.165) is 13.1 Å². The molecule has 1 unspecified atom stereocenters. The highest BCUT2D eigenvalue weighted by Gasteiger charge is 2.14. The van der Waals surface area contributed by atoms with Crippen LogP contribution in [0, 0.1) is 13.8 Å². The van der Waals surface area contributed by atoms with E-state index in [-0.39, 0.29) is 0 Å². The van der Waals surface area contributed by atoms with Gasteiger partial charge in [-0.15, -0.1) is 0 Å². The number of rotatable bonds is 8. The quantitative estimate of drug-likeness (QED) is 0.266. The van der Waals surface area contributed by atoms with Crippen molar-refractivity contribution in [2.45, 2.75) is 40.5 Å². The molecule has 34 heavy (non-hydrogen) atoms. The molecule has 0 spiro atoms. The lowest BCUT2D eigenvalue weighted by molar-refractivity contribution is 0.863. The molecule has 0 saturated carbocycles. The normalized spacial score (nSPS) is 11.8. The third kappa shape index (κ3) is 5.17. The van der Waals surface area contributed by atoms with Gasteiger partial charge >= 0.3 is 0 Å². The topological polar surface area (TPSA) is 6.48 Å². The van der Waals surface area contributed by atoms with E-state index in [1.165, 1.54) is 45.0 Å². The Morgan fingerprint density at radius 2 is 0.824 bits per heavy atom. The summed E-state index contributed by atoms with van der Waals surface area (Å²) >= 11 is 0. The van der Waals surface area contributed by atoms with Crippen LogP contribution >= 0.6 is 0 Å². The molecule has 2 nitrogen and oxygen atoms in total. The molecule has 0 aromatic heterocycles. The molecule has 0 aliphatic carbocycles.